The van der Waals surface area contributed by atoms with Crippen molar-refractivity contribution in [2.75, 3.05) is 6.54 Å². The number of hydrogen-bond donors (Lipinski definition) is 3. The largest absolute Gasteiger partial charge is 0.504 e. The monoisotopic (exact) mass is 539 g/mol. The van der Waals surface area contributed by atoms with Crippen molar-refractivity contribution < 1.29 is 29.3 Å². The molecule has 4 rings (SSSR count). The second kappa shape index (κ2) is 13.2. The molecule has 0 unspecified atom stereocenters. The highest BCUT2D eigenvalue weighted by Gasteiger charge is 2.43. The molecular formula is C32H31N2O6+. The topological polar surface area (TPSA) is 108 Å². The number of hydrazine groups is 1. The fourth-order valence-electron chi connectivity index (χ4n) is 4.15. The summed E-state index contributed by atoms with van der Waals surface area (Å²) in [4.78, 5) is 26.8. The Morgan fingerprint density at radius 1 is 0.875 bits per heavy atom. The van der Waals surface area contributed by atoms with Gasteiger partial charge in [0.25, 0.3) is 0 Å². The zero-order valence-corrected chi connectivity index (χ0v) is 22.1. The maximum Gasteiger partial charge on any atom is 0.422 e. The van der Waals surface area contributed by atoms with Crippen LogP contribution in [0.2, 0.25) is 0 Å². The first-order valence-electron chi connectivity index (χ1n) is 12.8. The van der Waals surface area contributed by atoms with Crippen molar-refractivity contribution >= 4 is 12.1 Å². The van der Waals surface area contributed by atoms with Crippen LogP contribution >= 0.6 is 0 Å². The number of esters is 1. The molecule has 0 spiro atoms. The molecule has 1 atom stereocenters. The number of carbonyl (C=O) groups excluding carboxylic acids is 2. The van der Waals surface area contributed by atoms with E-state index in [1.165, 1.54) is 17.1 Å². The quantitative estimate of drug-likeness (QED) is 0.134. The Bertz CT molecular complexity index is 1400. The van der Waals surface area contributed by atoms with Gasteiger partial charge in [0.2, 0.25) is 0 Å². The van der Waals surface area contributed by atoms with Crippen LogP contribution in [0.25, 0.3) is 0 Å². The standard InChI is InChI=1S/C32H30N2O6/c1-32(20-27-17-18-28(35)29(36)19-27,30(37)39-22-25-13-7-3-8-14-25)34(21-24-11-5-2-6-12-24)33-31(38)40-23-26-15-9-4-10-16-26/h3-19H,20-23H2,1H3,(H2-,33,35,36,38)/p+1/t32-/m0/s1. The number of ether oxygens (including phenoxy) is 2. The smallest absolute Gasteiger partial charge is 0.422 e. The molecule has 3 aromatic rings. The highest BCUT2D eigenvalue weighted by Crippen LogP contribution is 2.30. The molecule has 0 bridgehead atoms. The van der Waals surface area contributed by atoms with Crippen LogP contribution in [0.5, 0.6) is 11.5 Å². The van der Waals surface area contributed by atoms with Gasteiger partial charge in [0.15, 0.2) is 11.5 Å². The summed E-state index contributed by atoms with van der Waals surface area (Å²) < 4.78 is 11.2. The number of hydrogen-bond acceptors (Lipinski definition) is 7. The molecule has 0 fully saturated rings. The summed E-state index contributed by atoms with van der Waals surface area (Å²) in [5, 5.41) is 21.4. The minimum Gasteiger partial charge on any atom is -0.504 e. The van der Waals surface area contributed by atoms with E-state index in [1.54, 1.807) is 25.1 Å². The Morgan fingerprint density at radius 2 is 1.52 bits per heavy atom. The van der Waals surface area contributed by atoms with Crippen molar-refractivity contribution in [3.05, 3.63) is 132 Å². The number of phenols is 2. The van der Waals surface area contributed by atoms with E-state index < -0.39 is 17.6 Å². The summed E-state index contributed by atoms with van der Waals surface area (Å²) >= 11 is 0. The Balaban J connectivity index is 1.63. The van der Waals surface area contributed by atoms with Crippen LogP contribution in [0, 0.1) is 6.08 Å². The number of allylic oxidation sites excluding steroid dienone is 4. The molecule has 204 valence electrons. The maximum absolute atomic E-state index is 13.8. The first-order chi connectivity index (χ1) is 19.3. The number of phenolic OH excluding ortho intramolecular Hbond substituents is 2. The van der Waals surface area contributed by atoms with Crippen LogP contribution in [0.1, 0.15) is 23.6 Å². The van der Waals surface area contributed by atoms with Gasteiger partial charge < -0.3 is 19.7 Å². The number of amides is 1. The average Bonchev–Trinajstić information content (AvgIpc) is 2.98. The zero-order valence-electron chi connectivity index (χ0n) is 22.1. The molecule has 3 aromatic carbocycles. The molecular weight excluding hydrogens is 508 g/mol. The summed E-state index contributed by atoms with van der Waals surface area (Å²) in [5.74, 6) is -1.20. The van der Waals surface area contributed by atoms with Crippen molar-refractivity contribution in [2.45, 2.75) is 32.1 Å². The van der Waals surface area contributed by atoms with E-state index in [-0.39, 0.29) is 37.7 Å². The van der Waals surface area contributed by atoms with Crippen molar-refractivity contribution in [3.63, 3.8) is 0 Å². The third-order valence-electron chi connectivity index (χ3n) is 6.40. The average molecular weight is 540 g/mol. The van der Waals surface area contributed by atoms with Gasteiger partial charge >= 0.3 is 12.1 Å². The number of nitrogens with zero attached hydrogens (tertiary/aromatic N) is 1. The third-order valence-corrected chi connectivity index (χ3v) is 6.40. The Morgan fingerprint density at radius 3 is 2.12 bits per heavy atom. The van der Waals surface area contributed by atoms with Crippen LogP contribution in [-0.2, 0) is 33.9 Å². The van der Waals surface area contributed by atoms with E-state index in [1.807, 2.05) is 72.8 Å². The molecule has 0 heterocycles. The molecule has 1 aliphatic carbocycles. The van der Waals surface area contributed by atoms with Gasteiger partial charge in [0, 0.05) is 12.5 Å². The molecule has 1 amide bonds. The number of carbonyl (C=O) groups is 2. The van der Waals surface area contributed by atoms with E-state index in [0.717, 1.165) is 16.7 Å². The molecule has 40 heavy (non-hydrogen) atoms. The van der Waals surface area contributed by atoms with Crippen molar-refractivity contribution in [3.8, 4) is 11.5 Å². The van der Waals surface area contributed by atoms with Gasteiger partial charge in [-0.2, -0.15) is 5.01 Å². The van der Waals surface area contributed by atoms with Gasteiger partial charge in [-0.05, 0) is 35.7 Å². The lowest BCUT2D eigenvalue weighted by molar-refractivity contribution is -0.160. The summed E-state index contributed by atoms with van der Waals surface area (Å²) in [5.41, 5.74) is 4.26. The van der Waals surface area contributed by atoms with E-state index in [0.29, 0.717) is 5.56 Å². The predicted molar refractivity (Wildman–Crippen MR) is 150 cm³/mol. The number of nitrogens with one attached hydrogen (secondary N) is 1. The van der Waals surface area contributed by atoms with Crippen LogP contribution in [-0.4, -0.2) is 39.4 Å². The number of aromatic hydroxyl groups is 2. The molecule has 0 saturated carbocycles. The van der Waals surface area contributed by atoms with E-state index >= 15 is 0 Å². The maximum atomic E-state index is 13.8. The van der Waals surface area contributed by atoms with E-state index in [4.69, 9.17) is 9.47 Å². The molecule has 3 N–H and O–H groups in total. The van der Waals surface area contributed by atoms with Crippen LogP contribution in [0.3, 0.4) is 0 Å². The van der Waals surface area contributed by atoms with Gasteiger partial charge in [-0.25, -0.2) is 9.59 Å². The van der Waals surface area contributed by atoms with E-state index in [2.05, 4.69) is 11.5 Å². The Hall–Kier alpha value is -4.91. The lowest BCUT2D eigenvalue weighted by Gasteiger charge is -2.38. The summed E-state index contributed by atoms with van der Waals surface area (Å²) in [7, 11) is 0. The lowest BCUT2D eigenvalue weighted by atomic mass is 9.91. The fraction of sp³-hybridized carbons (Fsp3) is 0.188. The minimum absolute atomic E-state index is 0.0304. The van der Waals surface area contributed by atoms with Crippen LogP contribution in [0.15, 0.2) is 109 Å². The van der Waals surface area contributed by atoms with Gasteiger partial charge in [-0.1, -0.05) is 66.7 Å². The molecule has 8 nitrogen and oxygen atoms in total. The molecule has 1 aliphatic rings. The first-order valence-corrected chi connectivity index (χ1v) is 12.8. The van der Waals surface area contributed by atoms with Gasteiger partial charge in [-0.15, -0.1) is 0 Å². The van der Waals surface area contributed by atoms with Crippen LogP contribution < -0.4 is 5.43 Å². The number of benzene rings is 3. The van der Waals surface area contributed by atoms with Gasteiger partial charge in [0.05, 0.1) is 24.3 Å². The second-order valence-corrected chi connectivity index (χ2v) is 9.50. The summed E-state index contributed by atoms with van der Waals surface area (Å²) in [6, 6.07) is 22.8. The summed E-state index contributed by atoms with van der Waals surface area (Å²) in [6.45, 7) is 1.86. The zero-order chi connectivity index (χ0) is 28.4. The normalized spacial score (nSPS) is 13.6. The van der Waals surface area contributed by atoms with E-state index in [9.17, 15) is 19.8 Å². The molecule has 0 radical (unpaired) electrons. The molecule has 0 aliphatic heterocycles. The number of rotatable bonds is 11. The van der Waals surface area contributed by atoms with Crippen molar-refractivity contribution in [2.24, 2.45) is 0 Å². The third kappa shape index (κ3) is 7.57. The highest BCUT2D eigenvalue weighted by atomic mass is 16.6. The molecule has 8 heteroatoms. The fourth-order valence-corrected chi connectivity index (χ4v) is 4.15. The van der Waals surface area contributed by atoms with Gasteiger partial charge in [0.1, 0.15) is 30.9 Å². The predicted octanol–water partition coefficient (Wildman–Crippen LogP) is 5.14. The molecule has 0 saturated heterocycles. The summed E-state index contributed by atoms with van der Waals surface area (Å²) in [6.07, 6.45) is 9.38. The second-order valence-electron chi connectivity index (χ2n) is 9.50. The first kappa shape index (κ1) is 28.1. The highest BCUT2D eigenvalue weighted by molar-refractivity contribution is 5.81. The Labute approximate surface area is 233 Å². The molecule has 0 aromatic heterocycles. The van der Waals surface area contributed by atoms with Crippen LogP contribution in [0.4, 0.5) is 4.79 Å². The van der Waals surface area contributed by atoms with Gasteiger partial charge in [-0.3, -0.25) is 5.43 Å². The lowest BCUT2D eigenvalue weighted by Crippen LogP contribution is -2.62. The van der Waals surface area contributed by atoms with Crippen molar-refractivity contribution in [1.82, 2.24) is 10.4 Å². The minimum atomic E-state index is -1.45. The Kier molecular flexibility index (Phi) is 9.31. The SMILES string of the molecule is C[C@](Cc1ccc(O)c(O)c1)(C(=O)OCc1ccccc1)N(CC1=CC=[C+]C=C1)NC(=O)OCc1ccccc1. The van der Waals surface area contributed by atoms with Crippen molar-refractivity contribution in [1.29, 1.82) is 0 Å².